The monoisotopic (exact) mass is 369 g/mol. The zero-order valence-corrected chi connectivity index (χ0v) is 15.3. The molecular formula is C15H19N3O4S2. The highest BCUT2D eigenvalue weighted by Crippen LogP contribution is 2.52. The molecule has 0 aliphatic heterocycles. The van der Waals surface area contributed by atoms with Crippen LogP contribution in [0.15, 0.2) is 28.6 Å². The van der Waals surface area contributed by atoms with E-state index in [2.05, 4.69) is 9.08 Å². The largest absolute Gasteiger partial charge is 0.311 e. The lowest BCUT2D eigenvalue weighted by atomic mass is 9.92. The lowest BCUT2D eigenvalue weighted by Gasteiger charge is -2.24. The van der Waals surface area contributed by atoms with E-state index in [1.807, 2.05) is 19.1 Å². The highest BCUT2D eigenvalue weighted by atomic mass is 32.2. The maximum absolute atomic E-state index is 13.1. The van der Waals surface area contributed by atoms with Gasteiger partial charge in [-0.3, -0.25) is 19.2 Å². The summed E-state index contributed by atoms with van der Waals surface area (Å²) in [6.45, 7) is 3.83. The summed E-state index contributed by atoms with van der Waals surface area (Å²) in [5.74, 6) is -0.416. The van der Waals surface area contributed by atoms with Crippen molar-refractivity contribution in [2.45, 2.75) is 31.7 Å². The van der Waals surface area contributed by atoms with Gasteiger partial charge in [-0.1, -0.05) is 29.8 Å². The number of carbonyl (C=O) groups is 2. The summed E-state index contributed by atoms with van der Waals surface area (Å²) >= 11 is 0.813. The minimum atomic E-state index is -2.60. The van der Waals surface area contributed by atoms with E-state index in [-0.39, 0.29) is 13.0 Å². The molecule has 0 bridgehead atoms. The summed E-state index contributed by atoms with van der Waals surface area (Å²) in [6.07, 6.45) is 0.275. The Bertz CT molecular complexity index is 768. The molecule has 1 aliphatic carbocycles. The van der Waals surface area contributed by atoms with Crippen LogP contribution in [0.2, 0.25) is 0 Å². The van der Waals surface area contributed by atoms with Gasteiger partial charge in [0.2, 0.25) is 5.91 Å². The maximum Gasteiger partial charge on any atom is 0.311 e. The number of hydrogen-bond acceptors (Lipinski definition) is 7. The first-order valence-corrected chi connectivity index (χ1v) is 9.28. The molecule has 1 saturated carbocycles. The van der Waals surface area contributed by atoms with Crippen LogP contribution in [0, 0.1) is 6.92 Å². The number of rotatable bonds is 5. The van der Waals surface area contributed by atoms with Gasteiger partial charge in [0.25, 0.3) is 0 Å². The Morgan fingerprint density at radius 1 is 1.38 bits per heavy atom. The third-order valence-electron chi connectivity index (χ3n) is 4.06. The van der Waals surface area contributed by atoms with Crippen molar-refractivity contribution in [1.82, 2.24) is 9.62 Å². The number of amides is 2. The van der Waals surface area contributed by atoms with E-state index in [1.165, 1.54) is 0 Å². The van der Waals surface area contributed by atoms with Gasteiger partial charge in [-0.2, -0.15) is 12.8 Å². The molecule has 2 unspecified atom stereocenters. The highest BCUT2D eigenvalue weighted by Gasteiger charge is 2.64. The van der Waals surface area contributed by atoms with E-state index < -0.39 is 33.1 Å². The predicted molar refractivity (Wildman–Crippen MR) is 92.0 cm³/mol. The quantitative estimate of drug-likeness (QED) is 0.797. The number of nitrogens with one attached hydrogen (secondary N) is 1. The van der Waals surface area contributed by atoms with Gasteiger partial charge in [0.1, 0.15) is 5.41 Å². The number of benzene rings is 1. The van der Waals surface area contributed by atoms with Gasteiger partial charge < -0.3 is 0 Å². The molecule has 1 aromatic rings. The summed E-state index contributed by atoms with van der Waals surface area (Å²) in [6, 6.07) is 6.62. The van der Waals surface area contributed by atoms with Gasteiger partial charge in [0, 0.05) is 18.5 Å². The smallest absolute Gasteiger partial charge is 0.273 e. The molecule has 7 nitrogen and oxygen atoms in total. The molecule has 24 heavy (non-hydrogen) atoms. The molecular weight excluding hydrogens is 350 g/mol. The molecule has 1 N–H and O–H groups in total. The summed E-state index contributed by atoms with van der Waals surface area (Å²) in [5.41, 5.74) is 0.614. The normalized spacial score (nSPS) is 21.9. The minimum absolute atomic E-state index is 0.202. The van der Waals surface area contributed by atoms with Crippen LogP contribution < -0.4 is 4.72 Å². The first-order valence-electron chi connectivity index (χ1n) is 7.43. The fraction of sp³-hybridized carbons (Fsp3) is 0.467. The van der Waals surface area contributed by atoms with Gasteiger partial charge in [0.05, 0.1) is 6.04 Å². The zero-order valence-electron chi connectivity index (χ0n) is 13.6. The van der Waals surface area contributed by atoms with Crippen molar-refractivity contribution in [3.8, 4) is 0 Å². The van der Waals surface area contributed by atoms with E-state index in [1.54, 1.807) is 26.1 Å². The van der Waals surface area contributed by atoms with Gasteiger partial charge in [-0.05, 0) is 32.9 Å². The molecule has 0 radical (unpaired) electrons. The fourth-order valence-electron chi connectivity index (χ4n) is 2.73. The third kappa shape index (κ3) is 3.52. The van der Waals surface area contributed by atoms with E-state index in [4.69, 9.17) is 0 Å². The Hall–Kier alpha value is -1.71. The van der Waals surface area contributed by atoms with Crippen LogP contribution in [-0.4, -0.2) is 44.1 Å². The Balaban J connectivity index is 2.44. The van der Waals surface area contributed by atoms with Crippen molar-refractivity contribution < 1.29 is 18.0 Å². The Labute approximate surface area is 146 Å². The third-order valence-corrected chi connectivity index (χ3v) is 5.08. The SMILES string of the molecule is CCN(C(=O)SNC)C(=O)C1(c2ccc(C)cc2)CC1N=S(=O)=O. The van der Waals surface area contributed by atoms with Crippen molar-refractivity contribution in [1.29, 1.82) is 0 Å². The van der Waals surface area contributed by atoms with Crippen LogP contribution in [0.3, 0.4) is 0 Å². The second-order valence-corrected chi connectivity index (χ2v) is 7.11. The summed E-state index contributed by atoms with van der Waals surface area (Å²) in [7, 11) is -1.01. The fourth-order valence-corrected chi connectivity index (χ4v) is 3.69. The van der Waals surface area contributed by atoms with Crippen molar-refractivity contribution in [3.05, 3.63) is 35.4 Å². The van der Waals surface area contributed by atoms with Crippen LogP contribution >= 0.6 is 11.9 Å². The Morgan fingerprint density at radius 2 is 2.00 bits per heavy atom. The van der Waals surface area contributed by atoms with E-state index in [9.17, 15) is 18.0 Å². The van der Waals surface area contributed by atoms with Crippen molar-refractivity contribution in [3.63, 3.8) is 0 Å². The highest BCUT2D eigenvalue weighted by molar-refractivity contribution is 8.11. The van der Waals surface area contributed by atoms with Gasteiger partial charge in [-0.15, -0.1) is 0 Å². The molecule has 1 aromatic carbocycles. The lowest BCUT2D eigenvalue weighted by molar-refractivity contribution is -0.130. The van der Waals surface area contributed by atoms with Crippen molar-refractivity contribution in [2.75, 3.05) is 13.6 Å². The van der Waals surface area contributed by atoms with Crippen molar-refractivity contribution in [2.24, 2.45) is 4.36 Å². The number of imide groups is 1. The number of nitrogens with zero attached hydrogens (tertiary/aromatic N) is 2. The molecule has 0 spiro atoms. The van der Waals surface area contributed by atoms with Crippen LogP contribution in [-0.2, 0) is 20.7 Å². The van der Waals surface area contributed by atoms with Gasteiger partial charge in [0.15, 0.2) is 0 Å². The number of carbonyl (C=O) groups excluding carboxylic acids is 2. The predicted octanol–water partition coefficient (Wildman–Crippen LogP) is 1.90. The molecule has 2 rings (SSSR count). The van der Waals surface area contributed by atoms with Gasteiger partial charge >= 0.3 is 15.7 Å². The van der Waals surface area contributed by atoms with Crippen LogP contribution in [0.1, 0.15) is 24.5 Å². The molecule has 9 heteroatoms. The molecule has 2 amide bonds. The zero-order chi connectivity index (χ0) is 17.9. The Kier molecular flexibility index (Phi) is 5.79. The molecule has 0 heterocycles. The lowest BCUT2D eigenvalue weighted by Crippen LogP contribution is -2.43. The van der Waals surface area contributed by atoms with Crippen LogP contribution in [0.5, 0.6) is 0 Å². The maximum atomic E-state index is 13.1. The molecule has 1 aliphatic rings. The molecule has 1 fully saturated rings. The second-order valence-electron chi connectivity index (χ2n) is 5.50. The first kappa shape index (κ1) is 18.6. The Morgan fingerprint density at radius 3 is 2.50 bits per heavy atom. The molecule has 0 saturated heterocycles. The van der Waals surface area contributed by atoms with E-state index in [0.717, 1.165) is 22.4 Å². The topological polar surface area (TPSA) is 95.9 Å². The van der Waals surface area contributed by atoms with Crippen LogP contribution in [0.25, 0.3) is 0 Å². The van der Waals surface area contributed by atoms with E-state index >= 15 is 0 Å². The van der Waals surface area contributed by atoms with E-state index in [0.29, 0.717) is 5.56 Å². The van der Waals surface area contributed by atoms with Crippen molar-refractivity contribution >= 4 is 33.6 Å². The average molecular weight is 369 g/mol. The van der Waals surface area contributed by atoms with Crippen LogP contribution in [0.4, 0.5) is 4.79 Å². The number of likely N-dealkylation sites (N-methyl/N-ethyl adjacent to an activating group) is 1. The standard InChI is InChI=1S/C15H19N3O4S2/c1-4-18(14(20)23-16-3)13(19)15(9-12(15)17-24(21)22)11-7-5-10(2)6-8-11/h5-8,12,16H,4,9H2,1-3H3. The average Bonchev–Trinajstić information content (AvgIpc) is 3.23. The van der Waals surface area contributed by atoms with Gasteiger partial charge in [-0.25, -0.2) is 0 Å². The number of hydrogen-bond donors (Lipinski definition) is 1. The first-order chi connectivity index (χ1) is 11.4. The minimum Gasteiger partial charge on any atom is -0.273 e. The molecule has 130 valence electrons. The summed E-state index contributed by atoms with van der Waals surface area (Å²) in [5, 5.41) is -0.426. The summed E-state index contributed by atoms with van der Waals surface area (Å²) in [4.78, 5) is 26.3. The second kappa shape index (κ2) is 7.45. The summed E-state index contributed by atoms with van der Waals surface area (Å²) < 4.78 is 28.2. The molecule has 2 atom stereocenters. The molecule has 0 aromatic heterocycles. The number of aryl methyl sites for hydroxylation is 1.